The number of ether oxygens (including phenoxy) is 1. The molecule has 0 atom stereocenters. The van der Waals surface area contributed by atoms with Crippen LogP contribution < -0.4 is 15.8 Å². The van der Waals surface area contributed by atoms with Gasteiger partial charge in [-0.3, -0.25) is 4.79 Å². The minimum Gasteiger partial charge on any atom is -0.484 e. The molecule has 1 saturated heterocycles. The fraction of sp³-hybridized carbons (Fsp3) is 0.357. The molecule has 0 unspecified atom stereocenters. The number of piperazine rings is 1. The van der Waals surface area contributed by atoms with Gasteiger partial charge in [-0.15, -0.1) is 0 Å². The second-order valence-corrected chi connectivity index (χ2v) is 4.39. The van der Waals surface area contributed by atoms with E-state index in [1.807, 2.05) is 6.07 Å². The molecular formula is C14H18N4O4. The van der Waals surface area contributed by atoms with Crippen LogP contribution in [0.3, 0.4) is 0 Å². The van der Waals surface area contributed by atoms with Gasteiger partial charge in [0.25, 0.3) is 5.91 Å². The van der Waals surface area contributed by atoms with E-state index in [1.54, 1.807) is 29.2 Å². The highest BCUT2D eigenvalue weighted by atomic mass is 16.5. The molecule has 0 bridgehead atoms. The fourth-order valence-electron chi connectivity index (χ4n) is 1.78. The average Bonchev–Trinajstić information content (AvgIpc) is 2.53. The molecule has 8 heteroatoms. The largest absolute Gasteiger partial charge is 0.484 e. The molecule has 118 valence electrons. The zero-order valence-corrected chi connectivity index (χ0v) is 12.0. The molecule has 0 aromatic heterocycles. The predicted molar refractivity (Wildman–Crippen MR) is 78.3 cm³/mol. The lowest BCUT2D eigenvalue weighted by molar-refractivity contribution is -0.133. The van der Waals surface area contributed by atoms with Gasteiger partial charge < -0.3 is 25.8 Å². The van der Waals surface area contributed by atoms with Gasteiger partial charge in [-0.05, 0) is 24.3 Å². The van der Waals surface area contributed by atoms with E-state index in [0.717, 1.165) is 26.2 Å². The van der Waals surface area contributed by atoms with Crippen molar-refractivity contribution in [1.29, 1.82) is 5.26 Å². The molecule has 0 spiro atoms. The predicted octanol–water partition coefficient (Wildman–Crippen LogP) is -0.00802. The zero-order valence-electron chi connectivity index (χ0n) is 12.0. The highest BCUT2D eigenvalue weighted by molar-refractivity contribution is 5.77. The van der Waals surface area contributed by atoms with Crippen LogP contribution in [0.5, 0.6) is 5.75 Å². The van der Waals surface area contributed by atoms with Gasteiger partial charge in [-0.1, -0.05) is 0 Å². The molecule has 8 nitrogen and oxygen atoms in total. The van der Waals surface area contributed by atoms with Crippen LogP contribution in [0.25, 0.3) is 0 Å². The summed E-state index contributed by atoms with van der Waals surface area (Å²) in [5.74, 6) is 0.610. The standard InChI is InChI=1S/C13H15N3O2.CH3NO2/c14-9-11-1-3-12(4-2-11)18-10-13(17)16-7-5-15-6-8-16;2-1(3)4/h1-4,15H,5-8,10H2;2H2,(H,3,4). The summed E-state index contributed by atoms with van der Waals surface area (Å²) in [6, 6.07) is 8.77. The quantitative estimate of drug-likeness (QED) is 0.720. The molecule has 1 heterocycles. The Kier molecular flexibility index (Phi) is 7.22. The van der Waals surface area contributed by atoms with Crippen LogP contribution in [0.15, 0.2) is 24.3 Å². The van der Waals surface area contributed by atoms with Crippen molar-refractivity contribution < 1.29 is 19.4 Å². The number of carbonyl (C=O) groups is 2. The third-order valence-corrected chi connectivity index (χ3v) is 2.82. The number of nitrogens with two attached hydrogens (primary N) is 1. The first kappa shape index (κ1) is 17.3. The van der Waals surface area contributed by atoms with Crippen molar-refractivity contribution in [2.75, 3.05) is 32.8 Å². The molecule has 1 aromatic carbocycles. The Morgan fingerprint density at radius 1 is 1.32 bits per heavy atom. The molecule has 0 saturated carbocycles. The summed E-state index contributed by atoms with van der Waals surface area (Å²) in [5, 5.41) is 19.0. The Labute approximate surface area is 128 Å². The van der Waals surface area contributed by atoms with Gasteiger partial charge in [0.2, 0.25) is 0 Å². The second kappa shape index (κ2) is 9.20. The molecule has 1 aliphatic heterocycles. The fourth-order valence-corrected chi connectivity index (χ4v) is 1.78. The number of primary amides is 1. The summed E-state index contributed by atoms with van der Waals surface area (Å²) in [7, 11) is 0. The molecule has 1 aliphatic rings. The molecule has 22 heavy (non-hydrogen) atoms. The number of nitriles is 1. The van der Waals surface area contributed by atoms with Crippen molar-refractivity contribution in [3.05, 3.63) is 29.8 Å². The summed E-state index contributed by atoms with van der Waals surface area (Å²) in [6.45, 7) is 3.18. The molecule has 1 aromatic rings. The third kappa shape index (κ3) is 6.58. The van der Waals surface area contributed by atoms with Crippen molar-refractivity contribution in [3.8, 4) is 11.8 Å². The van der Waals surface area contributed by atoms with Crippen LogP contribution in [0.2, 0.25) is 0 Å². The summed E-state index contributed by atoms with van der Waals surface area (Å²) >= 11 is 0. The molecule has 0 aliphatic carbocycles. The number of nitrogens with one attached hydrogen (secondary N) is 1. The minimum absolute atomic E-state index is 0.000796. The normalized spacial score (nSPS) is 13.3. The lowest BCUT2D eigenvalue weighted by Crippen LogP contribution is -2.47. The number of carboxylic acid groups (broad SMARTS) is 1. The topological polar surface area (TPSA) is 129 Å². The van der Waals surface area contributed by atoms with Crippen molar-refractivity contribution >= 4 is 12.0 Å². The molecule has 2 rings (SSSR count). The third-order valence-electron chi connectivity index (χ3n) is 2.82. The maximum absolute atomic E-state index is 11.8. The Balaban J connectivity index is 0.000000541. The lowest BCUT2D eigenvalue weighted by atomic mass is 10.2. The van der Waals surface area contributed by atoms with Crippen molar-refractivity contribution in [1.82, 2.24) is 10.2 Å². The SMILES string of the molecule is N#Cc1ccc(OCC(=O)N2CCNCC2)cc1.NC(=O)O. The number of rotatable bonds is 3. The molecular weight excluding hydrogens is 288 g/mol. The van der Waals surface area contributed by atoms with Gasteiger partial charge in [0, 0.05) is 26.2 Å². The zero-order chi connectivity index (χ0) is 16.4. The first-order valence-corrected chi connectivity index (χ1v) is 6.63. The van der Waals surface area contributed by atoms with Crippen molar-refractivity contribution in [2.45, 2.75) is 0 Å². The van der Waals surface area contributed by atoms with Crippen molar-refractivity contribution in [3.63, 3.8) is 0 Å². The van der Waals surface area contributed by atoms with Gasteiger partial charge in [0.05, 0.1) is 11.6 Å². The lowest BCUT2D eigenvalue weighted by Gasteiger charge is -2.27. The van der Waals surface area contributed by atoms with E-state index < -0.39 is 6.09 Å². The van der Waals surface area contributed by atoms with Crippen molar-refractivity contribution in [2.24, 2.45) is 5.73 Å². The summed E-state index contributed by atoms with van der Waals surface area (Å²) in [6.07, 6.45) is -1.33. The highest BCUT2D eigenvalue weighted by Gasteiger charge is 2.16. The van der Waals surface area contributed by atoms with Gasteiger partial charge in [-0.2, -0.15) is 5.26 Å². The summed E-state index contributed by atoms with van der Waals surface area (Å²) in [5.41, 5.74) is 4.61. The molecule has 2 amide bonds. The first-order chi connectivity index (χ1) is 10.5. The maximum Gasteiger partial charge on any atom is 0.402 e. The van der Waals surface area contributed by atoms with E-state index in [0.29, 0.717) is 11.3 Å². The molecule has 4 N–H and O–H groups in total. The number of hydrogen-bond donors (Lipinski definition) is 3. The van der Waals surface area contributed by atoms with E-state index in [1.165, 1.54) is 0 Å². The van der Waals surface area contributed by atoms with Gasteiger partial charge >= 0.3 is 6.09 Å². The Bertz CT molecular complexity index is 529. The molecule has 1 fully saturated rings. The van der Waals surface area contributed by atoms with Crippen LogP contribution in [-0.4, -0.2) is 54.8 Å². The number of benzene rings is 1. The summed E-state index contributed by atoms with van der Waals surface area (Å²) < 4.78 is 5.40. The number of nitrogens with zero attached hydrogens (tertiary/aromatic N) is 2. The number of hydrogen-bond acceptors (Lipinski definition) is 5. The first-order valence-electron chi connectivity index (χ1n) is 6.63. The minimum atomic E-state index is -1.33. The van der Waals surface area contributed by atoms with Gasteiger partial charge in [-0.25, -0.2) is 4.79 Å². The maximum atomic E-state index is 11.8. The number of carbonyl (C=O) groups excluding carboxylic acids is 1. The Hall–Kier alpha value is -2.79. The van der Waals surface area contributed by atoms with Crippen LogP contribution in [-0.2, 0) is 4.79 Å². The van der Waals surface area contributed by atoms with Crippen LogP contribution in [0.1, 0.15) is 5.56 Å². The van der Waals surface area contributed by atoms with Crippen LogP contribution in [0.4, 0.5) is 4.79 Å². The summed E-state index contributed by atoms with van der Waals surface area (Å²) in [4.78, 5) is 22.4. The molecule has 0 radical (unpaired) electrons. The van der Waals surface area contributed by atoms with E-state index in [4.69, 9.17) is 19.9 Å². The smallest absolute Gasteiger partial charge is 0.402 e. The van der Waals surface area contributed by atoms with E-state index in [-0.39, 0.29) is 12.5 Å². The van der Waals surface area contributed by atoms with E-state index in [9.17, 15) is 4.79 Å². The van der Waals surface area contributed by atoms with Gasteiger partial charge in [0.1, 0.15) is 5.75 Å². The van der Waals surface area contributed by atoms with Gasteiger partial charge in [0.15, 0.2) is 6.61 Å². The average molecular weight is 306 g/mol. The van der Waals surface area contributed by atoms with Crippen LogP contribution >= 0.6 is 0 Å². The Morgan fingerprint density at radius 2 is 1.86 bits per heavy atom. The monoisotopic (exact) mass is 306 g/mol. The highest BCUT2D eigenvalue weighted by Crippen LogP contribution is 2.11. The van der Waals surface area contributed by atoms with E-state index >= 15 is 0 Å². The Morgan fingerprint density at radius 3 is 2.36 bits per heavy atom. The van der Waals surface area contributed by atoms with Crippen LogP contribution in [0, 0.1) is 11.3 Å². The van der Waals surface area contributed by atoms with E-state index in [2.05, 4.69) is 11.1 Å². The second-order valence-electron chi connectivity index (χ2n) is 4.39. The number of amides is 2.